The van der Waals surface area contributed by atoms with Crippen molar-refractivity contribution in [2.24, 2.45) is 0 Å². The first-order chi connectivity index (χ1) is 14.3. The number of thioether (sulfide) groups is 1. The number of hydrogen-bond acceptors (Lipinski definition) is 8. The molecule has 2 amide bonds. The third-order valence-corrected chi connectivity index (χ3v) is 5.15. The van der Waals surface area contributed by atoms with Crippen molar-refractivity contribution in [2.45, 2.75) is 0 Å². The minimum Gasteiger partial charge on any atom is -0.497 e. The zero-order valence-corrected chi connectivity index (χ0v) is 16.8. The molecule has 1 saturated heterocycles. The summed E-state index contributed by atoms with van der Waals surface area (Å²) in [5.41, 5.74) is 0.605. The first kappa shape index (κ1) is 21.1. The Labute approximate surface area is 175 Å². The molecule has 9 nitrogen and oxygen atoms in total. The van der Waals surface area contributed by atoms with Gasteiger partial charge in [0.15, 0.2) is 5.78 Å². The van der Waals surface area contributed by atoms with E-state index in [1.807, 2.05) is 0 Å². The van der Waals surface area contributed by atoms with E-state index in [0.29, 0.717) is 17.1 Å². The number of carbonyl (C=O) groups excluding carboxylic acids is 3. The second-order valence-electron chi connectivity index (χ2n) is 6.14. The molecule has 0 saturated carbocycles. The molecule has 1 heterocycles. The molecule has 0 aliphatic carbocycles. The molecule has 0 aromatic heterocycles. The van der Waals surface area contributed by atoms with E-state index >= 15 is 0 Å². The van der Waals surface area contributed by atoms with E-state index in [0.717, 1.165) is 16.7 Å². The minimum absolute atomic E-state index is 0.158. The van der Waals surface area contributed by atoms with Gasteiger partial charge in [0.25, 0.3) is 16.8 Å². The van der Waals surface area contributed by atoms with Gasteiger partial charge in [0.2, 0.25) is 0 Å². The molecule has 30 heavy (non-hydrogen) atoms. The van der Waals surface area contributed by atoms with Gasteiger partial charge in [-0.1, -0.05) is 0 Å². The van der Waals surface area contributed by atoms with E-state index in [9.17, 15) is 24.5 Å². The molecule has 1 fully saturated rings. The van der Waals surface area contributed by atoms with Gasteiger partial charge < -0.3 is 9.47 Å². The number of rotatable bonds is 7. The second kappa shape index (κ2) is 8.78. The molecule has 0 atom stereocenters. The molecule has 1 aliphatic heterocycles. The summed E-state index contributed by atoms with van der Waals surface area (Å²) in [6.07, 6.45) is 1.52. The molecule has 1 aliphatic rings. The normalized spacial score (nSPS) is 14.9. The number of hydrogen-bond donors (Lipinski definition) is 0. The van der Waals surface area contributed by atoms with E-state index in [4.69, 9.17) is 9.47 Å². The van der Waals surface area contributed by atoms with E-state index in [2.05, 4.69) is 0 Å². The largest absolute Gasteiger partial charge is 0.497 e. The Balaban J connectivity index is 1.78. The summed E-state index contributed by atoms with van der Waals surface area (Å²) in [5, 5.41) is 10.1. The summed E-state index contributed by atoms with van der Waals surface area (Å²) in [6.45, 7) is -0.457. The topological polar surface area (TPSA) is 116 Å². The number of Topliss-reactive ketones (excluding diaryl/α,β-unsaturated/α-hetero) is 1. The Morgan fingerprint density at radius 2 is 1.70 bits per heavy atom. The summed E-state index contributed by atoms with van der Waals surface area (Å²) in [4.78, 5) is 48.5. The Kier molecular flexibility index (Phi) is 6.17. The van der Waals surface area contributed by atoms with Crippen LogP contribution in [0.3, 0.4) is 0 Å². The number of ether oxygens (including phenoxy) is 2. The number of amides is 2. The molecule has 2 aromatic rings. The third kappa shape index (κ3) is 4.49. The predicted octanol–water partition coefficient (Wildman–Crippen LogP) is 3.53. The molecule has 154 valence electrons. The number of non-ortho nitro benzene ring substituents is 1. The van der Waals surface area contributed by atoms with Crippen molar-refractivity contribution in [1.82, 2.24) is 4.90 Å². The molecular formula is C20H16N2O7S. The van der Waals surface area contributed by atoms with Crippen molar-refractivity contribution in [3.05, 3.63) is 68.6 Å². The van der Waals surface area contributed by atoms with Gasteiger partial charge in [0.1, 0.15) is 11.5 Å². The third-order valence-electron chi connectivity index (χ3n) is 4.25. The standard InChI is InChI=1S/C20H16N2O7S/c1-28-15-7-12(8-16(10-15)29-2)9-18-19(24)21(20(25)30-18)11-17(23)13-3-5-14(6-4-13)22(26)27/h3-10H,11H2,1-2H3/b18-9+. The van der Waals surface area contributed by atoms with Crippen molar-refractivity contribution in [3.63, 3.8) is 0 Å². The molecule has 0 spiro atoms. The van der Waals surface area contributed by atoms with E-state index < -0.39 is 28.4 Å². The van der Waals surface area contributed by atoms with Gasteiger partial charge in [0, 0.05) is 23.8 Å². The average Bonchev–Trinajstić information content (AvgIpc) is 3.00. The fourth-order valence-corrected chi connectivity index (χ4v) is 3.54. The molecule has 2 aromatic carbocycles. The maximum Gasteiger partial charge on any atom is 0.293 e. The number of carbonyl (C=O) groups is 3. The van der Waals surface area contributed by atoms with Crippen molar-refractivity contribution in [1.29, 1.82) is 0 Å². The maximum atomic E-state index is 12.7. The number of imide groups is 1. The van der Waals surface area contributed by atoms with Crippen molar-refractivity contribution >= 4 is 40.5 Å². The Morgan fingerprint density at radius 1 is 1.10 bits per heavy atom. The molecule has 0 unspecified atom stereocenters. The first-order valence-electron chi connectivity index (χ1n) is 8.58. The summed E-state index contributed by atoms with van der Waals surface area (Å²) in [6, 6.07) is 9.99. The monoisotopic (exact) mass is 428 g/mol. The summed E-state index contributed by atoms with van der Waals surface area (Å²) < 4.78 is 10.4. The fraction of sp³-hybridized carbons (Fsp3) is 0.150. The zero-order chi connectivity index (χ0) is 21.8. The Morgan fingerprint density at radius 3 is 2.23 bits per heavy atom. The highest BCUT2D eigenvalue weighted by Gasteiger charge is 2.36. The Bertz CT molecular complexity index is 1040. The number of methoxy groups -OCH3 is 2. The first-order valence-corrected chi connectivity index (χ1v) is 9.40. The van der Waals surface area contributed by atoms with E-state index in [-0.39, 0.29) is 16.2 Å². The van der Waals surface area contributed by atoms with E-state index in [1.165, 1.54) is 44.6 Å². The summed E-state index contributed by atoms with van der Waals surface area (Å²) in [7, 11) is 2.99. The van der Waals surface area contributed by atoms with Crippen LogP contribution in [-0.4, -0.2) is 47.5 Å². The Hall–Kier alpha value is -3.66. The van der Waals surface area contributed by atoms with Gasteiger partial charge in [0.05, 0.1) is 30.6 Å². The highest BCUT2D eigenvalue weighted by Crippen LogP contribution is 2.34. The van der Waals surface area contributed by atoms with Gasteiger partial charge >= 0.3 is 0 Å². The van der Waals surface area contributed by atoms with Crippen molar-refractivity contribution in [2.75, 3.05) is 20.8 Å². The van der Waals surface area contributed by atoms with Crippen LogP contribution in [0.2, 0.25) is 0 Å². The maximum absolute atomic E-state index is 12.7. The quantitative estimate of drug-likeness (QED) is 0.285. The fourth-order valence-electron chi connectivity index (χ4n) is 2.70. The van der Waals surface area contributed by atoms with Crippen LogP contribution in [0.5, 0.6) is 11.5 Å². The molecule has 0 radical (unpaired) electrons. The minimum atomic E-state index is -0.595. The number of nitrogens with zero attached hydrogens (tertiary/aromatic N) is 2. The van der Waals surface area contributed by atoms with Gasteiger partial charge in [-0.25, -0.2) is 0 Å². The second-order valence-corrected chi connectivity index (χ2v) is 7.13. The van der Waals surface area contributed by atoms with Crippen LogP contribution >= 0.6 is 11.8 Å². The average molecular weight is 428 g/mol. The van der Waals surface area contributed by atoms with Crippen LogP contribution in [-0.2, 0) is 4.79 Å². The highest BCUT2D eigenvalue weighted by molar-refractivity contribution is 8.18. The highest BCUT2D eigenvalue weighted by atomic mass is 32.2. The molecule has 0 bridgehead atoms. The lowest BCUT2D eigenvalue weighted by atomic mass is 10.1. The predicted molar refractivity (Wildman–Crippen MR) is 110 cm³/mol. The molecular weight excluding hydrogens is 412 g/mol. The molecule has 3 rings (SSSR count). The van der Waals surface area contributed by atoms with Crippen LogP contribution in [0.25, 0.3) is 6.08 Å². The molecule has 10 heteroatoms. The van der Waals surface area contributed by atoms with Crippen LogP contribution < -0.4 is 9.47 Å². The lowest BCUT2D eigenvalue weighted by Crippen LogP contribution is -2.33. The van der Waals surface area contributed by atoms with Crippen LogP contribution in [0.1, 0.15) is 15.9 Å². The van der Waals surface area contributed by atoms with Gasteiger partial charge in [-0.3, -0.25) is 29.4 Å². The number of ketones is 1. The SMILES string of the molecule is COc1cc(/C=C2/SC(=O)N(CC(=O)c3ccc([N+](=O)[O-])cc3)C2=O)cc(OC)c1. The van der Waals surface area contributed by atoms with Gasteiger partial charge in [-0.2, -0.15) is 0 Å². The van der Waals surface area contributed by atoms with Gasteiger partial charge in [-0.05, 0) is 47.7 Å². The lowest BCUT2D eigenvalue weighted by molar-refractivity contribution is -0.384. The number of benzene rings is 2. The van der Waals surface area contributed by atoms with Crippen LogP contribution in [0, 0.1) is 10.1 Å². The lowest BCUT2D eigenvalue weighted by Gasteiger charge is -2.11. The van der Waals surface area contributed by atoms with Crippen LogP contribution in [0.15, 0.2) is 47.4 Å². The molecule has 0 N–H and O–H groups in total. The smallest absolute Gasteiger partial charge is 0.293 e. The van der Waals surface area contributed by atoms with E-state index in [1.54, 1.807) is 18.2 Å². The van der Waals surface area contributed by atoms with Gasteiger partial charge in [-0.15, -0.1) is 0 Å². The van der Waals surface area contributed by atoms with Crippen LogP contribution in [0.4, 0.5) is 10.5 Å². The number of nitro groups is 1. The summed E-state index contributed by atoms with van der Waals surface area (Å²) in [5.74, 6) is -0.0556. The van der Waals surface area contributed by atoms with Crippen molar-refractivity contribution < 1.29 is 28.8 Å². The van der Waals surface area contributed by atoms with Crippen molar-refractivity contribution in [3.8, 4) is 11.5 Å². The summed E-state index contributed by atoms with van der Waals surface area (Å²) >= 11 is 0.722. The zero-order valence-electron chi connectivity index (χ0n) is 16.0. The number of nitro benzene ring substituents is 1.